The minimum Gasteiger partial charge on any atom is -0.368 e. The number of imide groups is 1. The number of likely N-dealkylation sites (tertiary alicyclic amines) is 1. The van der Waals surface area contributed by atoms with E-state index in [1.807, 2.05) is 0 Å². The van der Waals surface area contributed by atoms with Gasteiger partial charge < -0.3 is 15.0 Å². The van der Waals surface area contributed by atoms with E-state index in [0.29, 0.717) is 32.5 Å². The number of non-ortho nitro benzene ring substituents is 1. The van der Waals surface area contributed by atoms with Crippen molar-refractivity contribution in [3.63, 3.8) is 0 Å². The van der Waals surface area contributed by atoms with Crippen LogP contribution in [0.5, 0.6) is 0 Å². The lowest BCUT2D eigenvalue weighted by Gasteiger charge is -2.33. The largest absolute Gasteiger partial charge is 0.368 e. The van der Waals surface area contributed by atoms with Crippen LogP contribution >= 0.6 is 0 Å². The topological polar surface area (TPSA) is 139 Å². The van der Waals surface area contributed by atoms with E-state index >= 15 is 0 Å². The van der Waals surface area contributed by atoms with E-state index in [4.69, 9.17) is 4.74 Å². The van der Waals surface area contributed by atoms with E-state index in [2.05, 4.69) is 5.32 Å². The van der Waals surface area contributed by atoms with Crippen LogP contribution in [0.4, 0.5) is 5.69 Å². The Balaban J connectivity index is 1.30. The predicted molar refractivity (Wildman–Crippen MR) is 105 cm³/mol. The summed E-state index contributed by atoms with van der Waals surface area (Å²) in [5.41, 5.74) is -0.326. The number of piperidine rings is 1. The highest BCUT2D eigenvalue weighted by Gasteiger charge is 2.38. The maximum Gasteiger partial charge on any atom is 0.270 e. The molecule has 3 heterocycles. The van der Waals surface area contributed by atoms with Gasteiger partial charge in [0.05, 0.1) is 16.1 Å². The van der Waals surface area contributed by atoms with Crippen molar-refractivity contribution in [2.45, 2.75) is 37.8 Å². The Morgan fingerprint density at radius 1 is 1.13 bits per heavy atom. The molecule has 3 aliphatic rings. The zero-order valence-corrected chi connectivity index (χ0v) is 16.7. The number of nitrogens with zero attached hydrogens (tertiary/aromatic N) is 3. The predicted octanol–water partition coefficient (Wildman–Crippen LogP) is 0.477. The molecular formula is C20H22N4O7. The molecule has 0 saturated carbocycles. The zero-order valence-electron chi connectivity index (χ0n) is 16.7. The van der Waals surface area contributed by atoms with E-state index in [9.17, 15) is 29.3 Å². The first-order valence-corrected chi connectivity index (χ1v) is 10.2. The number of nitro benzene ring substituents is 1. The minimum atomic E-state index is -0.726. The van der Waals surface area contributed by atoms with Crippen LogP contribution in [0.1, 0.15) is 46.4 Å². The molecule has 2 fully saturated rings. The van der Waals surface area contributed by atoms with Gasteiger partial charge in [0.2, 0.25) is 5.91 Å². The molecule has 0 spiro atoms. The number of nitrogens with one attached hydrogen (secondary N) is 1. The lowest BCUT2D eigenvalue weighted by Crippen LogP contribution is -2.50. The molecule has 4 amide bonds. The Morgan fingerprint density at radius 3 is 2.48 bits per heavy atom. The minimum absolute atomic E-state index is 0.0117. The van der Waals surface area contributed by atoms with Crippen molar-refractivity contribution in [3.05, 3.63) is 39.4 Å². The molecule has 11 heteroatoms. The molecule has 1 aromatic carbocycles. The fourth-order valence-corrected chi connectivity index (χ4v) is 4.17. The number of carbonyl (C=O) groups excluding carboxylic acids is 4. The maximum atomic E-state index is 12.5. The molecule has 164 valence electrons. The van der Waals surface area contributed by atoms with E-state index in [-0.39, 0.29) is 34.9 Å². The van der Waals surface area contributed by atoms with Gasteiger partial charge in [-0.2, -0.15) is 0 Å². The summed E-state index contributed by atoms with van der Waals surface area (Å²) >= 11 is 0. The molecule has 0 bridgehead atoms. The van der Waals surface area contributed by atoms with Crippen molar-refractivity contribution in [3.8, 4) is 0 Å². The molecule has 1 unspecified atom stereocenters. The van der Waals surface area contributed by atoms with Gasteiger partial charge in [0.15, 0.2) is 0 Å². The normalized spacial score (nSPS) is 21.4. The quantitative estimate of drug-likeness (QED) is 0.407. The van der Waals surface area contributed by atoms with Crippen LogP contribution < -0.4 is 5.32 Å². The molecule has 0 aliphatic carbocycles. The number of hydrogen-bond acceptors (Lipinski definition) is 7. The highest BCUT2D eigenvalue weighted by molar-refractivity contribution is 6.22. The molecule has 1 N–H and O–H groups in total. The first-order valence-electron chi connectivity index (χ1n) is 10.2. The van der Waals surface area contributed by atoms with Gasteiger partial charge in [-0.25, -0.2) is 0 Å². The van der Waals surface area contributed by atoms with Gasteiger partial charge in [0.25, 0.3) is 23.4 Å². The Hall–Kier alpha value is -3.34. The molecular weight excluding hydrogens is 408 g/mol. The number of benzene rings is 1. The summed E-state index contributed by atoms with van der Waals surface area (Å²) in [4.78, 5) is 62.6. The van der Waals surface area contributed by atoms with Gasteiger partial charge in [-0.05, 0) is 31.7 Å². The number of nitro groups is 1. The van der Waals surface area contributed by atoms with E-state index in [1.54, 1.807) is 4.90 Å². The molecule has 31 heavy (non-hydrogen) atoms. The average molecular weight is 430 g/mol. The summed E-state index contributed by atoms with van der Waals surface area (Å²) in [6.45, 7) is 1.14. The summed E-state index contributed by atoms with van der Waals surface area (Å²) in [7, 11) is 0. The summed E-state index contributed by atoms with van der Waals surface area (Å²) in [6.07, 6.45) is 2.39. The molecule has 0 radical (unpaired) electrons. The number of carbonyl (C=O) groups is 4. The van der Waals surface area contributed by atoms with Gasteiger partial charge in [0.1, 0.15) is 12.6 Å². The van der Waals surface area contributed by atoms with Crippen LogP contribution in [0.25, 0.3) is 0 Å². The van der Waals surface area contributed by atoms with Crippen LogP contribution in [-0.2, 0) is 14.3 Å². The van der Waals surface area contributed by atoms with E-state index in [0.717, 1.165) is 29.9 Å². The summed E-state index contributed by atoms with van der Waals surface area (Å²) in [6, 6.07) is 3.26. The van der Waals surface area contributed by atoms with Crippen LogP contribution in [0.3, 0.4) is 0 Å². The molecule has 2 saturated heterocycles. The fraction of sp³-hybridized carbons (Fsp3) is 0.500. The van der Waals surface area contributed by atoms with Crippen molar-refractivity contribution < 1.29 is 28.8 Å². The Kier molecular flexibility index (Phi) is 5.68. The highest BCUT2D eigenvalue weighted by atomic mass is 16.6. The van der Waals surface area contributed by atoms with Crippen LogP contribution in [-0.4, -0.2) is 76.7 Å². The third-order valence-electron chi connectivity index (χ3n) is 5.84. The summed E-state index contributed by atoms with van der Waals surface area (Å²) in [5, 5.41) is 13.7. The third kappa shape index (κ3) is 4.13. The van der Waals surface area contributed by atoms with Gasteiger partial charge >= 0.3 is 0 Å². The molecule has 4 rings (SSSR count). The lowest BCUT2D eigenvalue weighted by atomic mass is 10.0. The number of hydrogen-bond donors (Lipinski definition) is 1. The molecule has 0 aromatic heterocycles. The van der Waals surface area contributed by atoms with Crippen molar-refractivity contribution in [2.75, 3.05) is 26.2 Å². The molecule has 1 aromatic rings. The Morgan fingerprint density at radius 2 is 1.84 bits per heavy atom. The van der Waals surface area contributed by atoms with Crippen molar-refractivity contribution in [2.24, 2.45) is 0 Å². The van der Waals surface area contributed by atoms with Gasteiger partial charge in [-0.15, -0.1) is 0 Å². The standard InChI is InChI=1S/C20H22N4O7/c25-17(21-12-5-7-22(8-6-12)20(28)16-2-1-9-31-16)11-23-18(26)14-4-3-13(24(29)30)10-15(14)19(23)27/h3-4,10,12,16H,1-2,5-9,11H2,(H,21,25). The Labute approximate surface area is 177 Å². The Bertz CT molecular complexity index is 949. The second kappa shape index (κ2) is 8.42. The van der Waals surface area contributed by atoms with Crippen LogP contribution in [0.2, 0.25) is 0 Å². The van der Waals surface area contributed by atoms with Crippen molar-refractivity contribution in [1.29, 1.82) is 0 Å². The van der Waals surface area contributed by atoms with Gasteiger partial charge in [-0.1, -0.05) is 0 Å². The number of fused-ring (bicyclic) bond motifs is 1. The summed E-state index contributed by atoms with van der Waals surface area (Å²) in [5.74, 6) is -1.88. The number of rotatable bonds is 5. The van der Waals surface area contributed by atoms with Crippen molar-refractivity contribution in [1.82, 2.24) is 15.1 Å². The third-order valence-corrected chi connectivity index (χ3v) is 5.84. The second-order valence-corrected chi connectivity index (χ2v) is 7.85. The van der Waals surface area contributed by atoms with Gasteiger partial charge in [-0.3, -0.25) is 34.2 Å². The maximum absolute atomic E-state index is 12.5. The SMILES string of the molecule is O=C(CN1C(=O)c2ccc([N+](=O)[O-])cc2C1=O)NC1CCN(C(=O)C2CCCO2)CC1. The summed E-state index contributed by atoms with van der Waals surface area (Å²) < 4.78 is 5.43. The number of amides is 4. The monoisotopic (exact) mass is 430 g/mol. The average Bonchev–Trinajstić information content (AvgIpc) is 3.37. The second-order valence-electron chi connectivity index (χ2n) is 7.85. The lowest BCUT2D eigenvalue weighted by molar-refractivity contribution is -0.384. The number of ether oxygens (including phenoxy) is 1. The van der Waals surface area contributed by atoms with Crippen molar-refractivity contribution >= 4 is 29.3 Å². The first-order chi connectivity index (χ1) is 14.8. The van der Waals surface area contributed by atoms with Crippen LogP contribution in [0, 0.1) is 10.1 Å². The molecule has 3 aliphatic heterocycles. The van der Waals surface area contributed by atoms with Crippen LogP contribution in [0.15, 0.2) is 18.2 Å². The highest BCUT2D eigenvalue weighted by Crippen LogP contribution is 2.26. The molecule has 11 nitrogen and oxygen atoms in total. The zero-order chi connectivity index (χ0) is 22.1. The van der Waals surface area contributed by atoms with E-state index in [1.165, 1.54) is 6.07 Å². The first kappa shape index (κ1) is 20.9. The van der Waals surface area contributed by atoms with Gasteiger partial charge in [0, 0.05) is 37.9 Å². The smallest absolute Gasteiger partial charge is 0.270 e. The molecule has 1 atom stereocenters. The fourth-order valence-electron chi connectivity index (χ4n) is 4.17. The van der Waals surface area contributed by atoms with E-state index < -0.39 is 29.2 Å².